The lowest BCUT2D eigenvalue weighted by atomic mass is 9.76. The molecule has 1 saturated heterocycles. The highest BCUT2D eigenvalue weighted by Gasteiger charge is 2.39. The molecule has 3 rings (SSSR count). The molecule has 0 saturated carbocycles. The molecule has 1 aliphatic rings. The molecular formula is C20H25NO. The summed E-state index contributed by atoms with van der Waals surface area (Å²) >= 11 is 0. The Morgan fingerprint density at radius 2 is 1.59 bits per heavy atom. The van der Waals surface area contributed by atoms with E-state index in [9.17, 15) is 5.11 Å². The highest BCUT2D eigenvalue weighted by molar-refractivity contribution is 5.52. The maximum Gasteiger partial charge on any atom is 0.0654 e. The van der Waals surface area contributed by atoms with E-state index in [-0.39, 0.29) is 12.1 Å². The Bertz CT molecular complexity index is 569. The topological polar surface area (TPSA) is 23.5 Å². The molecule has 0 aromatic heterocycles. The Hall–Kier alpha value is -1.80. The maximum absolute atomic E-state index is 9.40. The lowest BCUT2D eigenvalue weighted by Gasteiger charge is -2.49. The zero-order valence-corrected chi connectivity index (χ0v) is 13.1. The van der Waals surface area contributed by atoms with Gasteiger partial charge in [0.1, 0.15) is 0 Å². The molecule has 2 nitrogen and oxygen atoms in total. The standard InChI is InChI=1S/C20H25NO/c22-17-9-15-20(18-10-3-1-4-11-18)14-7-8-16-21(20)19-12-5-2-6-13-19/h1-6,10-13,22H,7-9,14-17H2. The van der Waals surface area contributed by atoms with Crippen LogP contribution < -0.4 is 4.90 Å². The van der Waals surface area contributed by atoms with Crippen LogP contribution in [0.25, 0.3) is 0 Å². The van der Waals surface area contributed by atoms with Crippen LogP contribution in [0, 0.1) is 0 Å². The highest BCUT2D eigenvalue weighted by Crippen LogP contribution is 2.43. The molecule has 0 spiro atoms. The van der Waals surface area contributed by atoms with Crippen molar-refractivity contribution in [2.24, 2.45) is 0 Å². The van der Waals surface area contributed by atoms with Gasteiger partial charge in [-0.15, -0.1) is 0 Å². The molecule has 2 aromatic carbocycles. The van der Waals surface area contributed by atoms with Gasteiger partial charge < -0.3 is 10.0 Å². The van der Waals surface area contributed by atoms with E-state index in [1.165, 1.54) is 24.1 Å². The Kier molecular flexibility index (Phi) is 4.79. The first-order valence-corrected chi connectivity index (χ1v) is 8.36. The van der Waals surface area contributed by atoms with Gasteiger partial charge in [0, 0.05) is 18.8 Å². The Morgan fingerprint density at radius 1 is 0.909 bits per heavy atom. The largest absolute Gasteiger partial charge is 0.396 e. The molecule has 1 heterocycles. The molecule has 1 atom stereocenters. The smallest absolute Gasteiger partial charge is 0.0654 e. The molecule has 116 valence electrons. The second kappa shape index (κ2) is 6.97. The van der Waals surface area contributed by atoms with Gasteiger partial charge in [-0.3, -0.25) is 0 Å². The summed E-state index contributed by atoms with van der Waals surface area (Å²) in [7, 11) is 0. The first-order chi connectivity index (χ1) is 10.9. The maximum atomic E-state index is 9.40. The van der Waals surface area contributed by atoms with Crippen LogP contribution >= 0.6 is 0 Å². The van der Waals surface area contributed by atoms with Crippen molar-refractivity contribution in [2.45, 2.75) is 37.6 Å². The van der Waals surface area contributed by atoms with Crippen LogP contribution in [0.5, 0.6) is 0 Å². The van der Waals surface area contributed by atoms with Crippen molar-refractivity contribution in [3.63, 3.8) is 0 Å². The Morgan fingerprint density at radius 3 is 2.27 bits per heavy atom. The van der Waals surface area contributed by atoms with Crippen molar-refractivity contribution >= 4 is 5.69 Å². The van der Waals surface area contributed by atoms with Gasteiger partial charge in [0.05, 0.1) is 5.54 Å². The summed E-state index contributed by atoms with van der Waals surface area (Å²) in [6, 6.07) is 21.6. The van der Waals surface area contributed by atoms with Crippen LogP contribution in [-0.2, 0) is 5.54 Å². The van der Waals surface area contributed by atoms with Crippen LogP contribution in [0.3, 0.4) is 0 Å². The van der Waals surface area contributed by atoms with Crippen LogP contribution in [0.1, 0.15) is 37.7 Å². The molecule has 0 aliphatic carbocycles. The number of aliphatic hydroxyl groups is 1. The van der Waals surface area contributed by atoms with E-state index >= 15 is 0 Å². The van der Waals surface area contributed by atoms with Gasteiger partial charge in [-0.1, -0.05) is 48.5 Å². The predicted octanol–water partition coefficient (Wildman–Crippen LogP) is 4.34. The lowest BCUT2D eigenvalue weighted by molar-refractivity contribution is 0.233. The fourth-order valence-corrected chi connectivity index (χ4v) is 3.84. The summed E-state index contributed by atoms with van der Waals surface area (Å²) in [4.78, 5) is 2.57. The van der Waals surface area contributed by atoms with Crippen LogP contribution in [0.2, 0.25) is 0 Å². The minimum atomic E-state index is 0.0175. The second-order valence-corrected chi connectivity index (χ2v) is 6.17. The first kappa shape index (κ1) is 15.1. The average Bonchev–Trinajstić information content (AvgIpc) is 2.61. The van der Waals surface area contributed by atoms with Gasteiger partial charge in [-0.2, -0.15) is 0 Å². The molecular weight excluding hydrogens is 270 g/mol. The van der Waals surface area contributed by atoms with Gasteiger partial charge in [-0.05, 0) is 49.8 Å². The van der Waals surface area contributed by atoms with Crippen molar-refractivity contribution in [1.82, 2.24) is 0 Å². The summed E-state index contributed by atoms with van der Waals surface area (Å²) in [5, 5.41) is 9.40. The molecule has 0 amide bonds. The van der Waals surface area contributed by atoms with Crippen molar-refractivity contribution in [3.05, 3.63) is 66.2 Å². The first-order valence-electron chi connectivity index (χ1n) is 8.36. The summed E-state index contributed by atoms with van der Waals surface area (Å²) in [6.45, 7) is 1.35. The zero-order chi connectivity index (χ0) is 15.3. The predicted molar refractivity (Wildman–Crippen MR) is 92.1 cm³/mol. The van der Waals surface area contributed by atoms with E-state index in [0.29, 0.717) is 0 Å². The van der Waals surface area contributed by atoms with Gasteiger partial charge >= 0.3 is 0 Å². The summed E-state index contributed by atoms with van der Waals surface area (Å²) in [5.41, 5.74) is 2.69. The molecule has 1 fully saturated rings. The molecule has 2 heteroatoms. The third kappa shape index (κ3) is 2.89. The quantitative estimate of drug-likeness (QED) is 0.886. The molecule has 0 radical (unpaired) electrons. The molecule has 1 aliphatic heterocycles. The Labute approximate surface area is 133 Å². The van der Waals surface area contributed by atoms with Gasteiger partial charge in [0.15, 0.2) is 0 Å². The number of nitrogens with zero attached hydrogens (tertiary/aromatic N) is 1. The summed E-state index contributed by atoms with van der Waals surface area (Å²) < 4.78 is 0. The Balaban J connectivity index is 2.04. The summed E-state index contributed by atoms with van der Waals surface area (Å²) in [5.74, 6) is 0. The van der Waals surface area contributed by atoms with E-state index in [0.717, 1.165) is 25.8 Å². The summed E-state index contributed by atoms with van der Waals surface area (Å²) in [6.07, 6.45) is 5.50. The highest BCUT2D eigenvalue weighted by atomic mass is 16.2. The normalized spacial score (nSPS) is 21.8. The van der Waals surface area contributed by atoms with E-state index in [4.69, 9.17) is 0 Å². The molecule has 1 N–H and O–H groups in total. The average molecular weight is 295 g/mol. The fourth-order valence-electron chi connectivity index (χ4n) is 3.84. The van der Waals surface area contributed by atoms with E-state index in [1.807, 2.05) is 0 Å². The fraction of sp³-hybridized carbons (Fsp3) is 0.400. The van der Waals surface area contributed by atoms with Crippen LogP contribution in [0.4, 0.5) is 5.69 Å². The number of rotatable bonds is 5. The minimum absolute atomic E-state index is 0.0175. The number of piperidine rings is 1. The van der Waals surface area contributed by atoms with E-state index in [1.54, 1.807) is 0 Å². The van der Waals surface area contributed by atoms with Gasteiger partial charge in [-0.25, -0.2) is 0 Å². The van der Waals surface area contributed by atoms with E-state index < -0.39 is 0 Å². The number of para-hydroxylation sites is 1. The second-order valence-electron chi connectivity index (χ2n) is 6.17. The number of hydrogen-bond acceptors (Lipinski definition) is 2. The van der Waals surface area contributed by atoms with Crippen molar-refractivity contribution in [3.8, 4) is 0 Å². The molecule has 1 unspecified atom stereocenters. The third-order valence-corrected chi connectivity index (χ3v) is 4.87. The lowest BCUT2D eigenvalue weighted by Crippen LogP contribution is -2.50. The molecule has 22 heavy (non-hydrogen) atoms. The van der Waals surface area contributed by atoms with E-state index in [2.05, 4.69) is 65.6 Å². The monoisotopic (exact) mass is 295 g/mol. The van der Waals surface area contributed by atoms with Crippen molar-refractivity contribution < 1.29 is 5.11 Å². The van der Waals surface area contributed by atoms with Gasteiger partial charge in [0.25, 0.3) is 0 Å². The molecule has 2 aromatic rings. The molecule has 0 bridgehead atoms. The third-order valence-electron chi connectivity index (χ3n) is 4.87. The van der Waals surface area contributed by atoms with Gasteiger partial charge in [0.2, 0.25) is 0 Å². The number of aliphatic hydroxyl groups excluding tert-OH is 1. The SMILES string of the molecule is OCCCC1(c2ccccc2)CCCCN1c1ccccc1. The van der Waals surface area contributed by atoms with Crippen molar-refractivity contribution in [1.29, 1.82) is 0 Å². The van der Waals surface area contributed by atoms with Crippen molar-refractivity contribution in [2.75, 3.05) is 18.1 Å². The minimum Gasteiger partial charge on any atom is -0.396 e. The van der Waals surface area contributed by atoms with Crippen LogP contribution in [0.15, 0.2) is 60.7 Å². The number of benzene rings is 2. The number of anilines is 1. The van der Waals surface area contributed by atoms with Crippen LogP contribution in [-0.4, -0.2) is 18.3 Å². The number of hydrogen-bond donors (Lipinski definition) is 1. The zero-order valence-electron chi connectivity index (χ0n) is 13.1.